The molecule has 0 unspecified atom stereocenters. The zero-order chi connectivity index (χ0) is 17.3. The summed E-state index contributed by atoms with van der Waals surface area (Å²) >= 11 is 0. The quantitative estimate of drug-likeness (QED) is 0.513. The Morgan fingerprint density at radius 2 is 1.92 bits per heavy atom. The minimum absolute atomic E-state index is 0.134. The van der Waals surface area contributed by atoms with Crippen LogP contribution in [-0.2, 0) is 4.79 Å². The maximum Gasteiger partial charge on any atom is 0.248 e. The summed E-state index contributed by atoms with van der Waals surface area (Å²) in [6.07, 6.45) is 6.09. The van der Waals surface area contributed by atoms with Gasteiger partial charge in [0.2, 0.25) is 11.8 Å². The first-order valence-electron chi connectivity index (χ1n) is 8.55. The van der Waals surface area contributed by atoms with E-state index in [0.29, 0.717) is 23.8 Å². The minimum atomic E-state index is -0.460. The molecule has 4 N–H and O–H groups in total. The number of amides is 2. The number of anilines is 1. The number of nitrogens with zero attached hydrogens (tertiary/aromatic N) is 2. The third-order valence-corrected chi connectivity index (χ3v) is 4.86. The molecule has 1 fully saturated rings. The van der Waals surface area contributed by atoms with Crippen LogP contribution in [-0.4, -0.2) is 16.4 Å². The van der Waals surface area contributed by atoms with Crippen LogP contribution in [0.15, 0.2) is 24.3 Å². The highest BCUT2D eigenvalue weighted by atomic mass is 16.2. The standard InChI is InChI=1S/C18H24N4O2/c1-2-17(23)22(20)16-11-13-10-12(18(19)24)8-9-15(13)21(16)14-6-4-3-5-7-14/h8-11,14H,2-7,20H2,1H3,(H2,19,24). The van der Waals surface area contributed by atoms with Gasteiger partial charge >= 0.3 is 0 Å². The van der Waals surface area contributed by atoms with E-state index in [9.17, 15) is 9.59 Å². The fourth-order valence-electron chi connectivity index (χ4n) is 3.58. The van der Waals surface area contributed by atoms with Crippen molar-refractivity contribution >= 4 is 28.5 Å². The van der Waals surface area contributed by atoms with E-state index in [0.717, 1.165) is 23.7 Å². The van der Waals surface area contributed by atoms with Gasteiger partial charge < -0.3 is 10.3 Å². The summed E-state index contributed by atoms with van der Waals surface area (Å²) in [6, 6.07) is 7.60. The number of hydrazine groups is 1. The number of hydrogen-bond acceptors (Lipinski definition) is 3. The van der Waals surface area contributed by atoms with Gasteiger partial charge in [-0.2, -0.15) is 0 Å². The Hall–Kier alpha value is -2.34. The number of nitrogens with two attached hydrogens (primary N) is 2. The first-order valence-corrected chi connectivity index (χ1v) is 8.55. The molecule has 0 aliphatic heterocycles. The normalized spacial score (nSPS) is 15.6. The van der Waals surface area contributed by atoms with Crippen molar-refractivity contribution in [2.24, 2.45) is 11.6 Å². The zero-order valence-corrected chi connectivity index (χ0v) is 14.0. The van der Waals surface area contributed by atoms with Crippen molar-refractivity contribution in [2.45, 2.75) is 51.5 Å². The molecule has 2 amide bonds. The van der Waals surface area contributed by atoms with Crippen LogP contribution >= 0.6 is 0 Å². The molecule has 1 aliphatic carbocycles. The summed E-state index contributed by atoms with van der Waals surface area (Å²) in [4.78, 5) is 23.6. The van der Waals surface area contributed by atoms with Crippen molar-refractivity contribution in [3.05, 3.63) is 29.8 Å². The Kier molecular flexibility index (Phi) is 4.57. The van der Waals surface area contributed by atoms with E-state index in [2.05, 4.69) is 4.57 Å². The summed E-state index contributed by atoms with van der Waals surface area (Å²) in [5, 5.41) is 2.12. The number of aromatic nitrogens is 1. The smallest absolute Gasteiger partial charge is 0.248 e. The SMILES string of the molecule is CCC(=O)N(N)c1cc2cc(C(N)=O)ccc2n1C1CCCCC1. The highest BCUT2D eigenvalue weighted by molar-refractivity contribution is 6.00. The molecule has 0 atom stereocenters. The molecule has 128 valence electrons. The van der Waals surface area contributed by atoms with E-state index in [1.165, 1.54) is 24.3 Å². The Morgan fingerprint density at radius 3 is 2.54 bits per heavy atom. The second-order valence-electron chi connectivity index (χ2n) is 6.42. The van der Waals surface area contributed by atoms with Crippen LogP contribution in [0.1, 0.15) is 61.8 Å². The molecule has 6 heteroatoms. The minimum Gasteiger partial charge on any atom is -0.366 e. The monoisotopic (exact) mass is 328 g/mol. The van der Waals surface area contributed by atoms with E-state index in [1.54, 1.807) is 19.1 Å². The van der Waals surface area contributed by atoms with Crippen LogP contribution in [0.4, 0.5) is 5.82 Å². The van der Waals surface area contributed by atoms with Gasteiger partial charge in [-0.25, -0.2) is 10.9 Å². The molecule has 1 saturated carbocycles. The lowest BCUT2D eigenvalue weighted by molar-refractivity contribution is -0.118. The van der Waals surface area contributed by atoms with Crippen molar-refractivity contribution in [1.29, 1.82) is 0 Å². The molecule has 1 aliphatic rings. The maximum absolute atomic E-state index is 12.1. The number of rotatable bonds is 4. The second-order valence-corrected chi connectivity index (χ2v) is 6.42. The van der Waals surface area contributed by atoms with E-state index in [4.69, 9.17) is 11.6 Å². The largest absolute Gasteiger partial charge is 0.366 e. The molecule has 6 nitrogen and oxygen atoms in total. The number of fused-ring (bicyclic) bond motifs is 1. The molecule has 2 aromatic rings. The average molecular weight is 328 g/mol. The lowest BCUT2D eigenvalue weighted by atomic mass is 9.95. The molecule has 0 bridgehead atoms. The summed E-state index contributed by atoms with van der Waals surface area (Å²) < 4.78 is 2.16. The number of carbonyl (C=O) groups excluding carboxylic acids is 2. The number of hydrogen-bond donors (Lipinski definition) is 2. The Bertz CT molecular complexity index is 775. The first kappa shape index (κ1) is 16.5. The molecule has 1 aromatic heterocycles. The van der Waals surface area contributed by atoms with Gasteiger partial charge in [-0.15, -0.1) is 0 Å². The lowest BCUT2D eigenvalue weighted by Crippen LogP contribution is -2.39. The van der Waals surface area contributed by atoms with Gasteiger partial charge in [-0.3, -0.25) is 9.59 Å². The van der Waals surface area contributed by atoms with Gasteiger partial charge in [0.1, 0.15) is 5.82 Å². The van der Waals surface area contributed by atoms with Crippen molar-refractivity contribution < 1.29 is 9.59 Å². The van der Waals surface area contributed by atoms with E-state index in [-0.39, 0.29) is 5.91 Å². The van der Waals surface area contributed by atoms with Crippen molar-refractivity contribution in [2.75, 3.05) is 5.01 Å². The van der Waals surface area contributed by atoms with Crippen molar-refractivity contribution in [3.8, 4) is 0 Å². The van der Waals surface area contributed by atoms with Gasteiger partial charge in [-0.05, 0) is 37.1 Å². The highest BCUT2D eigenvalue weighted by Crippen LogP contribution is 2.37. The third kappa shape index (κ3) is 2.89. The third-order valence-electron chi connectivity index (χ3n) is 4.86. The second kappa shape index (κ2) is 6.65. The molecule has 3 rings (SSSR count). The fraction of sp³-hybridized carbons (Fsp3) is 0.444. The van der Waals surface area contributed by atoms with Crippen LogP contribution in [0.5, 0.6) is 0 Å². The first-order chi connectivity index (χ1) is 11.5. The molecule has 0 radical (unpaired) electrons. The van der Waals surface area contributed by atoms with Crippen LogP contribution < -0.4 is 16.6 Å². The average Bonchev–Trinajstić information content (AvgIpc) is 2.99. The molecule has 1 heterocycles. The van der Waals surface area contributed by atoms with Crippen molar-refractivity contribution in [3.63, 3.8) is 0 Å². The molecule has 0 spiro atoms. The van der Waals surface area contributed by atoms with Crippen LogP contribution in [0.2, 0.25) is 0 Å². The van der Waals surface area contributed by atoms with Crippen LogP contribution in [0.3, 0.4) is 0 Å². The summed E-state index contributed by atoms with van der Waals surface area (Å²) in [5.41, 5.74) is 6.83. The van der Waals surface area contributed by atoms with Crippen LogP contribution in [0, 0.1) is 0 Å². The summed E-state index contributed by atoms with van der Waals surface area (Å²) in [6.45, 7) is 1.79. The van der Waals surface area contributed by atoms with E-state index in [1.807, 2.05) is 12.1 Å². The molecule has 1 aromatic carbocycles. The Balaban J connectivity index is 2.15. The Labute approximate surface area is 141 Å². The topological polar surface area (TPSA) is 94.3 Å². The van der Waals surface area contributed by atoms with Gasteiger partial charge in [0.25, 0.3) is 0 Å². The molecule has 0 saturated heterocycles. The number of benzene rings is 1. The zero-order valence-electron chi connectivity index (χ0n) is 14.0. The lowest BCUT2D eigenvalue weighted by Gasteiger charge is -2.28. The molecular weight excluding hydrogens is 304 g/mol. The number of carbonyl (C=O) groups is 2. The van der Waals surface area contributed by atoms with Crippen LogP contribution in [0.25, 0.3) is 10.9 Å². The summed E-state index contributed by atoms with van der Waals surface area (Å²) in [7, 11) is 0. The fourth-order valence-corrected chi connectivity index (χ4v) is 3.58. The van der Waals surface area contributed by atoms with Crippen molar-refractivity contribution in [1.82, 2.24) is 4.57 Å². The highest BCUT2D eigenvalue weighted by Gasteiger charge is 2.24. The number of primary amides is 1. The molecular formula is C18H24N4O2. The van der Waals surface area contributed by atoms with E-state index < -0.39 is 5.91 Å². The van der Waals surface area contributed by atoms with Gasteiger partial charge in [0, 0.05) is 23.4 Å². The predicted octanol–water partition coefficient (Wildman–Crippen LogP) is 2.86. The van der Waals surface area contributed by atoms with Gasteiger partial charge in [0.05, 0.1) is 5.52 Å². The Morgan fingerprint density at radius 1 is 1.21 bits per heavy atom. The summed E-state index contributed by atoms with van der Waals surface area (Å²) in [5.74, 6) is 6.18. The van der Waals surface area contributed by atoms with Gasteiger partial charge in [-0.1, -0.05) is 26.2 Å². The van der Waals surface area contributed by atoms with E-state index >= 15 is 0 Å². The predicted molar refractivity (Wildman–Crippen MR) is 94.5 cm³/mol. The molecule has 24 heavy (non-hydrogen) atoms. The van der Waals surface area contributed by atoms with Gasteiger partial charge in [0.15, 0.2) is 0 Å². The maximum atomic E-state index is 12.1.